The first-order valence-electron chi connectivity index (χ1n) is 10.2. The van der Waals surface area contributed by atoms with Crippen LogP contribution in [0, 0.1) is 5.82 Å². The summed E-state index contributed by atoms with van der Waals surface area (Å²) in [4.78, 5) is 18.4. The summed E-state index contributed by atoms with van der Waals surface area (Å²) >= 11 is 0. The minimum absolute atomic E-state index is 0.134. The molecular formula is C24H26FN3O2. The predicted octanol–water partition coefficient (Wildman–Crippen LogP) is 5.54. The molecule has 1 aliphatic heterocycles. The first-order valence-corrected chi connectivity index (χ1v) is 10.2. The Hall–Kier alpha value is -3.15. The molecule has 1 amide bonds. The fraction of sp³-hybridized carbons (Fsp3) is 0.333. The minimum atomic E-state index is -0.513. The molecule has 1 fully saturated rings. The van der Waals surface area contributed by atoms with Gasteiger partial charge < -0.3 is 14.2 Å². The van der Waals surface area contributed by atoms with Crippen LogP contribution in [0.2, 0.25) is 0 Å². The van der Waals surface area contributed by atoms with Crippen molar-refractivity contribution in [2.75, 3.05) is 13.1 Å². The van der Waals surface area contributed by atoms with Gasteiger partial charge in [-0.3, -0.25) is 4.98 Å². The molecule has 1 saturated heterocycles. The highest BCUT2D eigenvalue weighted by molar-refractivity contribution is 5.81. The van der Waals surface area contributed by atoms with E-state index in [0.29, 0.717) is 13.1 Å². The van der Waals surface area contributed by atoms with Gasteiger partial charge in [0.2, 0.25) is 0 Å². The van der Waals surface area contributed by atoms with E-state index in [-0.39, 0.29) is 18.0 Å². The number of aromatic nitrogens is 2. The summed E-state index contributed by atoms with van der Waals surface area (Å²) in [6.45, 7) is 6.87. The molecular weight excluding hydrogens is 381 g/mol. The summed E-state index contributed by atoms with van der Waals surface area (Å²) in [5.41, 5.74) is 3.53. The molecule has 1 unspecified atom stereocenters. The zero-order chi connectivity index (χ0) is 21.3. The quantitative estimate of drug-likeness (QED) is 0.573. The van der Waals surface area contributed by atoms with Crippen molar-refractivity contribution >= 4 is 6.09 Å². The van der Waals surface area contributed by atoms with Gasteiger partial charge in [-0.25, -0.2) is 9.18 Å². The lowest BCUT2D eigenvalue weighted by molar-refractivity contribution is 0.0289. The summed E-state index contributed by atoms with van der Waals surface area (Å²) in [7, 11) is 0. The van der Waals surface area contributed by atoms with Crippen LogP contribution in [0.4, 0.5) is 9.18 Å². The van der Waals surface area contributed by atoms with Crippen molar-refractivity contribution < 1.29 is 13.9 Å². The second-order valence-electron chi connectivity index (χ2n) is 8.60. The van der Waals surface area contributed by atoms with Gasteiger partial charge in [0, 0.05) is 42.8 Å². The Morgan fingerprint density at radius 2 is 1.77 bits per heavy atom. The molecule has 3 heterocycles. The molecule has 0 bridgehead atoms. The summed E-state index contributed by atoms with van der Waals surface area (Å²) in [6, 6.07) is 12.7. The lowest BCUT2D eigenvalue weighted by Crippen LogP contribution is -2.35. The molecule has 1 atom stereocenters. The van der Waals surface area contributed by atoms with E-state index in [1.54, 1.807) is 29.4 Å². The number of pyridine rings is 1. The molecule has 30 heavy (non-hydrogen) atoms. The highest BCUT2D eigenvalue weighted by atomic mass is 19.1. The van der Waals surface area contributed by atoms with Crippen molar-refractivity contribution in [3.63, 3.8) is 0 Å². The molecule has 2 aromatic heterocycles. The minimum Gasteiger partial charge on any atom is -0.444 e. The molecule has 5 nitrogen and oxygen atoms in total. The smallest absolute Gasteiger partial charge is 0.410 e. The first-order chi connectivity index (χ1) is 14.3. The molecule has 3 aromatic rings. The number of carbonyl (C=O) groups is 1. The average Bonchev–Trinajstić information content (AvgIpc) is 3.35. The molecule has 0 aliphatic carbocycles. The zero-order valence-corrected chi connectivity index (χ0v) is 17.5. The van der Waals surface area contributed by atoms with Crippen LogP contribution in [-0.4, -0.2) is 39.2 Å². The van der Waals surface area contributed by atoms with Crippen molar-refractivity contribution in [1.29, 1.82) is 0 Å². The molecule has 6 heteroatoms. The van der Waals surface area contributed by atoms with Gasteiger partial charge in [0.05, 0.1) is 11.7 Å². The van der Waals surface area contributed by atoms with Gasteiger partial charge in [0.25, 0.3) is 0 Å². The molecule has 0 N–H and O–H groups in total. The van der Waals surface area contributed by atoms with Crippen molar-refractivity contribution in [1.82, 2.24) is 14.5 Å². The van der Waals surface area contributed by atoms with E-state index in [4.69, 9.17) is 4.74 Å². The van der Waals surface area contributed by atoms with E-state index in [1.807, 2.05) is 32.9 Å². The predicted molar refractivity (Wildman–Crippen MR) is 115 cm³/mol. The third kappa shape index (κ3) is 4.22. The number of hydrogen-bond donors (Lipinski definition) is 0. The maximum Gasteiger partial charge on any atom is 0.410 e. The third-order valence-corrected chi connectivity index (χ3v) is 5.23. The van der Waals surface area contributed by atoms with Crippen LogP contribution in [-0.2, 0) is 4.74 Å². The number of ether oxygens (including phenoxy) is 1. The number of amides is 1. The van der Waals surface area contributed by atoms with Crippen LogP contribution in [0.3, 0.4) is 0 Å². The topological polar surface area (TPSA) is 47.4 Å². The standard InChI is InChI=1S/C24H26FN3O2/c1-24(2,3)30-23(29)27-14-10-20(16-27)28-15-11-21(17-4-6-19(25)7-5-17)22(28)18-8-12-26-13-9-18/h4-9,11-13,15,20H,10,14,16H2,1-3H3. The molecule has 156 valence electrons. The van der Waals surface area contributed by atoms with E-state index in [0.717, 1.165) is 28.8 Å². The van der Waals surface area contributed by atoms with Crippen LogP contribution >= 0.6 is 0 Å². The average molecular weight is 407 g/mol. The third-order valence-electron chi connectivity index (χ3n) is 5.23. The largest absolute Gasteiger partial charge is 0.444 e. The van der Waals surface area contributed by atoms with E-state index in [2.05, 4.69) is 21.8 Å². The molecule has 4 rings (SSSR count). The Balaban J connectivity index is 1.67. The molecule has 1 aliphatic rings. The van der Waals surface area contributed by atoms with Crippen molar-refractivity contribution in [3.8, 4) is 22.4 Å². The number of carbonyl (C=O) groups excluding carboxylic acids is 1. The molecule has 0 spiro atoms. The zero-order valence-electron chi connectivity index (χ0n) is 17.5. The van der Waals surface area contributed by atoms with Crippen LogP contribution in [0.25, 0.3) is 22.4 Å². The van der Waals surface area contributed by atoms with Crippen molar-refractivity contribution in [3.05, 3.63) is 66.9 Å². The van der Waals surface area contributed by atoms with E-state index in [9.17, 15) is 9.18 Å². The molecule has 1 aromatic carbocycles. The first kappa shape index (κ1) is 20.1. The summed E-state index contributed by atoms with van der Waals surface area (Å²) in [6.07, 6.45) is 6.15. The number of rotatable bonds is 3. The fourth-order valence-electron chi connectivity index (χ4n) is 3.89. The van der Waals surface area contributed by atoms with Crippen LogP contribution in [0.5, 0.6) is 0 Å². The summed E-state index contributed by atoms with van der Waals surface area (Å²) in [5.74, 6) is -0.257. The fourth-order valence-corrected chi connectivity index (χ4v) is 3.89. The van der Waals surface area contributed by atoms with Crippen molar-refractivity contribution in [2.24, 2.45) is 0 Å². The van der Waals surface area contributed by atoms with Gasteiger partial charge in [-0.15, -0.1) is 0 Å². The Bertz CT molecular complexity index is 1020. The monoisotopic (exact) mass is 407 g/mol. The number of hydrogen-bond acceptors (Lipinski definition) is 3. The number of halogens is 1. The lowest BCUT2D eigenvalue weighted by Gasteiger charge is -2.25. The van der Waals surface area contributed by atoms with Gasteiger partial charge in [0.15, 0.2) is 0 Å². The Morgan fingerprint density at radius 1 is 1.07 bits per heavy atom. The Labute approximate surface area is 176 Å². The number of benzene rings is 1. The van der Waals surface area contributed by atoms with Crippen LogP contribution in [0.1, 0.15) is 33.2 Å². The van der Waals surface area contributed by atoms with Gasteiger partial charge in [-0.1, -0.05) is 12.1 Å². The molecule has 0 saturated carbocycles. The SMILES string of the molecule is CC(C)(C)OC(=O)N1CCC(n2ccc(-c3ccc(F)cc3)c2-c2ccncc2)C1. The van der Waals surface area contributed by atoms with Gasteiger partial charge >= 0.3 is 6.09 Å². The summed E-state index contributed by atoms with van der Waals surface area (Å²) in [5, 5.41) is 0. The van der Waals surface area contributed by atoms with E-state index < -0.39 is 5.60 Å². The molecule has 0 radical (unpaired) electrons. The second kappa shape index (κ2) is 7.94. The van der Waals surface area contributed by atoms with Gasteiger partial charge in [-0.05, 0) is 63.1 Å². The second-order valence-corrected chi connectivity index (χ2v) is 8.60. The normalized spacial score (nSPS) is 16.7. The van der Waals surface area contributed by atoms with Gasteiger partial charge in [0.1, 0.15) is 11.4 Å². The maximum absolute atomic E-state index is 13.5. The highest BCUT2D eigenvalue weighted by Crippen LogP contribution is 2.37. The Morgan fingerprint density at radius 3 is 2.43 bits per heavy atom. The number of likely N-dealkylation sites (tertiary alicyclic amines) is 1. The Kier molecular flexibility index (Phi) is 5.33. The van der Waals surface area contributed by atoms with Crippen molar-refractivity contribution in [2.45, 2.75) is 38.8 Å². The van der Waals surface area contributed by atoms with Crippen LogP contribution < -0.4 is 0 Å². The van der Waals surface area contributed by atoms with Crippen LogP contribution in [0.15, 0.2) is 61.1 Å². The highest BCUT2D eigenvalue weighted by Gasteiger charge is 2.32. The van der Waals surface area contributed by atoms with E-state index in [1.165, 1.54) is 12.1 Å². The van der Waals surface area contributed by atoms with Gasteiger partial charge in [-0.2, -0.15) is 0 Å². The lowest BCUT2D eigenvalue weighted by atomic mass is 10.0. The maximum atomic E-state index is 13.5. The van der Waals surface area contributed by atoms with E-state index >= 15 is 0 Å². The number of nitrogens with zero attached hydrogens (tertiary/aromatic N) is 3. The summed E-state index contributed by atoms with van der Waals surface area (Å²) < 4.78 is 21.2.